The van der Waals surface area contributed by atoms with E-state index >= 15 is 0 Å². The highest BCUT2D eigenvalue weighted by atomic mass is 16.3. The van der Waals surface area contributed by atoms with Crippen LogP contribution >= 0.6 is 0 Å². The van der Waals surface area contributed by atoms with E-state index < -0.39 is 17.9 Å². The maximum absolute atomic E-state index is 13.0. The number of fused-ring (bicyclic) bond motifs is 1. The molecule has 0 fully saturated rings. The molecule has 2 unspecified atom stereocenters. The van der Waals surface area contributed by atoms with Crippen LogP contribution < -0.4 is 5.32 Å². The number of aryl methyl sites for hydroxylation is 1. The van der Waals surface area contributed by atoms with Gasteiger partial charge in [0.15, 0.2) is 0 Å². The van der Waals surface area contributed by atoms with Gasteiger partial charge in [0.2, 0.25) is 5.91 Å². The summed E-state index contributed by atoms with van der Waals surface area (Å²) in [6.45, 7) is 7.55. The average Bonchev–Trinajstić information content (AvgIpc) is 3.16. The van der Waals surface area contributed by atoms with E-state index in [0.29, 0.717) is 23.3 Å². The molecule has 1 aromatic heterocycles. The quantitative estimate of drug-likeness (QED) is 0.792. The number of benzene rings is 1. The molecule has 2 aromatic rings. The number of nitrogens with zero attached hydrogens (tertiary/aromatic N) is 1. The lowest BCUT2D eigenvalue weighted by Crippen LogP contribution is -2.50. The van der Waals surface area contributed by atoms with Crippen molar-refractivity contribution in [2.45, 2.75) is 46.2 Å². The molecule has 1 aromatic carbocycles. The third-order valence-electron chi connectivity index (χ3n) is 4.68. The van der Waals surface area contributed by atoms with Gasteiger partial charge in [-0.25, -0.2) is 0 Å². The molecule has 3 amide bonds. The van der Waals surface area contributed by atoms with E-state index in [1.54, 1.807) is 30.3 Å². The second-order valence-electron chi connectivity index (χ2n) is 7.35. The van der Waals surface area contributed by atoms with Crippen molar-refractivity contribution in [3.63, 3.8) is 0 Å². The summed E-state index contributed by atoms with van der Waals surface area (Å²) in [6.07, 6.45) is 0.390. The van der Waals surface area contributed by atoms with Gasteiger partial charge in [-0.05, 0) is 50.5 Å². The smallest absolute Gasteiger partial charge is 0.262 e. The molecule has 0 bridgehead atoms. The minimum Gasteiger partial charge on any atom is -0.464 e. The van der Waals surface area contributed by atoms with Gasteiger partial charge < -0.3 is 9.73 Å². The molecule has 142 valence electrons. The fourth-order valence-corrected chi connectivity index (χ4v) is 3.33. The van der Waals surface area contributed by atoms with Crippen LogP contribution in [0.5, 0.6) is 0 Å². The van der Waals surface area contributed by atoms with Crippen LogP contribution in [0.15, 0.2) is 40.8 Å². The first-order valence-corrected chi connectivity index (χ1v) is 9.13. The van der Waals surface area contributed by atoms with Gasteiger partial charge in [0, 0.05) is 0 Å². The molecule has 0 radical (unpaired) electrons. The van der Waals surface area contributed by atoms with Crippen LogP contribution in [-0.4, -0.2) is 28.7 Å². The lowest BCUT2D eigenvalue weighted by molar-refractivity contribution is -0.126. The summed E-state index contributed by atoms with van der Waals surface area (Å²) in [5.41, 5.74) is 0.692. The minimum atomic E-state index is -0.865. The van der Waals surface area contributed by atoms with Gasteiger partial charge in [0.05, 0.1) is 17.2 Å². The zero-order valence-electron chi connectivity index (χ0n) is 16.0. The van der Waals surface area contributed by atoms with E-state index in [-0.39, 0.29) is 17.9 Å². The molecule has 2 heterocycles. The Morgan fingerprint density at radius 1 is 1.04 bits per heavy atom. The lowest BCUT2D eigenvalue weighted by Gasteiger charge is -2.27. The van der Waals surface area contributed by atoms with Crippen LogP contribution in [0.4, 0.5) is 0 Å². The fraction of sp³-hybridized carbons (Fsp3) is 0.381. The number of nitrogens with one attached hydrogen (secondary N) is 1. The second kappa shape index (κ2) is 7.39. The van der Waals surface area contributed by atoms with Gasteiger partial charge in [-0.3, -0.25) is 19.3 Å². The summed E-state index contributed by atoms with van der Waals surface area (Å²) in [5, 5.41) is 2.88. The Morgan fingerprint density at radius 2 is 1.63 bits per heavy atom. The number of carbonyl (C=O) groups excluding carboxylic acids is 3. The van der Waals surface area contributed by atoms with Gasteiger partial charge in [-0.1, -0.05) is 26.0 Å². The van der Waals surface area contributed by atoms with Crippen molar-refractivity contribution < 1.29 is 18.8 Å². The van der Waals surface area contributed by atoms with Crippen LogP contribution in [0.25, 0.3) is 0 Å². The molecule has 2 atom stereocenters. The molecule has 0 saturated heterocycles. The first-order chi connectivity index (χ1) is 12.8. The SMILES string of the molecule is Cc1ccc(C(C)NC(=O)C(CC(C)C)N2C(=O)c3ccccc3C2=O)o1. The Bertz CT molecular complexity index is 849. The first-order valence-electron chi connectivity index (χ1n) is 9.13. The second-order valence-corrected chi connectivity index (χ2v) is 7.35. The third kappa shape index (κ3) is 3.65. The molecular weight excluding hydrogens is 344 g/mol. The van der Waals surface area contributed by atoms with Crippen molar-refractivity contribution in [3.05, 3.63) is 59.0 Å². The highest BCUT2D eigenvalue weighted by Gasteiger charge is 2.43. The molecule has 1 aliphatic heterocycles. The van der Waals surface area contributed by atoms with Crippen molar-refractivity contribution in [1.29, 1.82) is 0 Å². The van der Waals surface area contributed by atoms with Crippen molar-refractivity contribution in [2.24, 2.45) is 5.92 Å². The van der Waals surface area contributed by atoms with Crippen molar-refractivity contribution in [2.75, 3.05) is 0 Å². The molecule has 6 nitrogen and oxygen atoms in total. The van der Waals surface area contributed by atoms with Gasteiger partial charge >= 0.3 is 0 Å². The highest BCUT2D eigenvalue weighted by molar-refractivity contribution is 6.22. The van der Waals surface area contributed by atoms with E-state index in [2.05, 4.69) is 5.32 Å². The number of imide groups is 1. The molecular formula is C21H24N2O4. The Balaban J connectivity index is 1.85. The van der Waals surface area contributed by atoms with Crippen LogP contribution in [0.1, 0.15) is 65.5 Å². The average molecular weight is 368 g/mol. The Morgan fingerprint density at radius 3 is 2.11 bits per heavy atom. The molecule has 0 spiro atoms. The number of rotatable bonds is 6. The van der Waals surface area contributed by atoms with Crippen LogP contribution in [-0.2, 0) is 4.79 Å². The normalized spacial score (nSPS) is 15.8. The van der Waals surface area contributed by atoms with E-state index in [4.69, 9.17) is 4.42 Å². The lowest BCUT2D eigenvalue weighted by atomic mass is 10.0. The summed E-state index contributed by atoms with van der Waals surface area (Å²) < 4.78 is 5.56. The molecule has 3 rings (SSSR count). The first kappa shape index (κ1) is 18.9. The number of hydrogen-bond donors (Lipinski definition) is 1. The van der Waals surface area contributed by atoms with Crippen LogP contribution in [0.2, 0.25) is 0 Å². The van der Waals surface area contributed by atoms with Gasteiger partial charge in [0.1, 0.15) is 17.6 Å². The molecule has 27 heavy (non-hydrogen) atoms. The van der Waals surface area contributed by atoms with E-state index in [9.17, 15) is 14.4 Å². The van der Waals surface area contributed by atoms with E-state index in [1.165, 1.54) is 0 Å². The molecule has 0 aliphatic carbocycles. The van der Waals surface area contributed by atoms with Crippen molar-refractivity contribution >= 4 is 17.7 Å². The molecule has 6 heteroatoms. The molecule has 1 aliphatic rings. The Labute approximate surface area is 158 Å². The predicted molar refractivity (Wildman–Crippen MR) is 100 cm³/mol. The van der Waals surface area contributed by atoms with Crippen molar-refractivity contribution in [1.82, 2.24) is 10.2 Å². The van der Waals surface area contributed by atoms with E-state index in [0.717, 1.165) is 10.7 Å². The summed E-state index contributed by atoms with van der Waals surface area (Å²) in [5.74, 6) is 0.318. The summed E-state index contributed by atoms with van der Waals surface area (Å²) in [6, 6.07) is 9.07. The number of amides is 3. The zero-order valence-corrected chi connectivity index (χ0v) is 16.0. The Hall–Kier alpha value is -2.89. The van der Waals surface area contributed by atoms with Crippen molar-refractivity contribution in [3.8, 4) is 0 Å². The third-order valence-corrected chi connectivity index (χ3v) is 4.68. The van der Waals surface area contributed by atoms with Crippen LogP contribution in [0, 0.1) is 12.8 Å². The molecule has 0 saturated carbocycles. The monoisotopic (exact) mass is 368 g/mol. The molecule has 1 N–H and O–H groups in total. The largest absolute Gasteiger partial charge is 0.464 e. The zero-order chi connectivity index (χ0) is 19.7. The standard InChI is InChI=1S/C21H24N2O4/c1-12(2)11-17(19(24)22-14(4)18-10-9-13(3)27-18)23-20(25)15-7-5-6-8-16(15)21(23)26/h5-10,12,14,17H,11H2,1-4H3,(H,22,24). The van der Waals surface area contributed by atoms with Gasteiger partial charge in [-0.15, -0.1) is 0 Å². The van der Waals surface area contributed by atoms with Gasteiger partial charge in [-0.2, -0.15) is 0 Å². The van der Waals surface area contributed by atoms with Crippen LogP contribution in [0.3, 0.4) is 0 Å². The number of carbonyl (C=O) groups is 3. The van der Waals surface area contributed by atoms with Gasteiger partial charge in [0.25, 0.3) is 11.8 Å². The summed E-state index contributed by atoms with van der Waals surface area (Å²) >= 11 is 0. The summed E-state index contributed by atoms with van der Waals surface area (Å²) in [7, 11) is 0. The predicted octanol–water partition coefficient (Wildman–Crippen LogP) is 3.48. The fourth-order valence-electron chi connectivity index (χ4n) is 3.33. The summed E-state index contributed by atoms with van der Waals surface area (Å²) in [4.78, 5) is 39.7. The topological polar surface area (TPSA) is 79.6 Å². The minimum absolute atomic E-state index is 0.131. The number of hydrogen-bond acceptors (Lipinski definition) is 4. The maximum Gasteiger partial charge on any atom is 0.262 e. The maximum atomic E-state index is 13.0. The van der Waals surface area contributed by atoms with E-state index in [1.807, 2.05) is 33.8 Å². The number of furan rings is 1. The highest BCUT2D eigenvalue weighted by Crippen LogP contribution is 2.27. The Kier molecular flexibility index (Phi) is 5.17.